The summed E-state index contributed by atoms with van der Waals surface area (Å²) in [6.07, 6.45) is 3.19. The minimum Gasteiger partial charge on any atom is -0.466 e. The average molecular weight is 280 g/mol. The van der Waals surface area contributed by atoms with Crippen LogP contribution >= 0.6 is 0 Å². The van der Waals surface area contributed by atoms with Crippen LogP contribution in [-0.2, 0) is 23.9 Å². The third-order valence-electron chi connectivity index (χ3n) is 4.08. The maximum Gasteiger partial charge on any atom is 0.312 e. The third kappa shape index (κ3) is 1.66. The first-order valence-corrected chi connectivity index (χ1v) is 6.59. The summed E-state index contributed by atoms with van der Waals surface area (Å²) in [6.45, 7) is 2.06. The van der Waals surface area contributed by atoms with Gasteiger partial charge in [0.15, 0.2) is 0 Å². The highest BCUT2D eigenvalue weighted by atomic mass is 16.6. The monoisotopic (exact) mass is 280 g/mol. The van der Waals surface area contributed by atoms with Crippen LogP contribution in [-0.4, -0.2) is 54.1 Å². The van der Waals surface area contributed by atoms with Gasteiger partial charge in [0.2, 0.25) is 11.8 Å². The zero-order valence-corrected chi connectivity index (χ0v) is 11.1. The SMILES string of the molecule is CCOC(=O)[C@@H]1[C@H]2C(=O)N(CC(N)=O)C[C@]23C=C[C@H]1O3. The Morgan fingerprint density at radius 3 is 3.00 bits per heavy atom. The maximum atomic E-state index is 12.4. The first-order valence-electron chi connectivity index (χ1n) is 6.59. The Morgan fingerprint density at radius 1 is 1.60 bits per heavy atom. The highest BCUT2D eigenvalue weighted by Crippen LogP contribution is 2.52. The molecule has 3 heterocycles. The van der Waals surface area contributed by atoms with Gasteiger partial charge in [-0.3, -0.25) is 14.4 Å². The second-order valence-electron chi connectivity index (χ2n) is 5.31. The van der Waals surface area contributed by atoms with Gasteiger partial charge in [-0.1, -0.05) is 12.2 Å². The largest absolute Gasteiger partial charge is 0.466 e. The summed E-state index contributed by atoms with van der Waals surface area (Å²) >= 11 is 0. The van der Waals surface area contributed by atoms with Crippen molar-refractivity contribution in [2.75, 3.05) is 19.7 Å². The molecule has 0 aromatic heterocycles. The van der Waals surface area contributed by atoms with Crippen molar-refractivity contribution in [2.45, 2.75) is 18.6 Å². The summed E-state index contributed by atoms with van der Waals surface area (Å²) in [4.78, 5) is 36.8. The molecule has 0 unspecified atom stereocenters. The van der Waals surface area contributed by atoms with Gasteiger partial charge in [0, 0.05) is 0 Å². The summed E-state index contributed by atoms with van der Waals surface area (Å²) in [5.41, 5.74) is 4.33. The van der Waals surface area contributed by atoms with Gasteiger partial charge in [-0.25, -0.2) is 0 Å². The van der Waals surface area contributed by atoms with Gasteiger partial charge in [0.25, 0.3) is 0 Å². The number of nitrogens with two attached hydrogens (primary N) is 1. The summed E-state index contributed by atoms with van der Waals surface area (Å²) < 4.78 is 10.9. The number of likely N-dealkylation sites (tertiary alicyclic amines) is 1. The lowest BCUT2D eigenvalue weighted by Gasteiger charge is -2.22. The van der Waals surface area contributed by atoms with Crippen LogP contribution in [0, 0.1) is 11.8 Å². The molecule has 1 spiro atoms. The van der Waals surface area contributed by atoms with Gasteiger partial charge in [0.1, 0.15) is 11.5 Å². The molecular weight excluding hydrogens is 264 g/mol. The number of rotatable bonds is 4. The molecule has 2 bridgehead atoms. The van der Waals surface area contributed by atoms with Crippen molar-refractivity contribution in [1.82, 2.24) is 4.90 Å². The van der Waals surface area contributed by atoms with E-state index in [-0.39, 0.29) is 25.6 Å². The number of nitrogens with zero attached hydrogens (tertiary/aromatic N) is 1. The van der Waals surface area contributed by atoms with E-state index >= 15 is 0 Å². The fraction of sp³-hybridized carbons (Fsp3) is 0.615. The van der Waals surface area contributed by atoms with Crippen LogP contribution in [0.25, 0.3) is 0 Å². The van der Waals surface area contributed by atoms with E-state index in [1.54, 1.807) is 13.0 Å². The third-order valence-corrected chi connectivity index (χ3v) is 4.08. The molecular formula is C13H16N2O5. The molecule has 2 fully saturated rings. The topological polar surface area (TPSA) is 98.9 Å². The Balaban J connectivity index is 1.88. The zero-order chi connectivity index (χ0) is 14.5. The van der Waals surface area contributed by atoms with Gasteiger partial charge in [-0.05, 0) is 6.92 Å². The fourth-order valence-electron chi connectivity index (χ4n) is 3.41. The Bertz CT molecular complexity index is 517. The second-order valence-corrected chi connectivity index (χ2v) is 5.31. The molecule has 7 nitrogen and oxygen atoms in total. The van der Waals surface area contributed by atoms with E-state index in [0.29, 0.717) is 0 Å². The van der Waals surface area contributed by atoms with E-state index in [1.165, 1.54) is 4.90 Å². The van der Waals surface area contributed by atoms with E-state index in [2.05, 4.69) is 0 Å². The van der Waals surface area contributed by atoms with E-state index in [0.717, 1.165) is 0 Å². The number of primary amides is 1. The number of carbonyl (C=O) groups is 3. The predicted molar refractivity (Wildman–Crippen MR) is 66.1 cm³/mol. The molecule has 20 heavy (non-hydrogen) atoms. The van der Waals surface area contributed by atoms with Crippen molar-refractivity contribution in [1.29, 1.82) is 0 Å². The fourth-order valence-corrected chi connectivity index (χ4v) is 3.41. The first kappa shape index (κ1) is 13.1. The predicted octanol–water partition coefficient (Wildman–Crippen LogP) is -1.18. The quantitative estimate of drug-likeness (QED) is 0.516. The van der Waals surface area contributed by atoms with Gasteiger partial charge < -0.3 is 20.1 Å². The van der Waals surface area contributed by atoms with Crippen molar-refractivity contribution >= 4 is 17.8 Å². The molecule has 108 valence electrons. The molecule has 0 aromatic rings. The molecule has 3 rings (SSSR count). The Morgan fingerprint density at radius 2 is 2.35 bits per heavy atom. The lowest BCUT2D eigenvalue weighted by atomic mass is 9.77. The molecule has 3 aliphatic rings. The molecule has 3 aliphatic heterocycles. The molecule has 0 radical (unpaired) electrons. The standard InChI is InChI=1S/C13H16N2O5/c1-2-19-12(18)9-7-3-4-13(20-7)6-15(5-8(14)16)11(17)10(9)13/h3-4,7,9-10H,2,5-6H2,1H3,(H2,14,16)/t7-,9+,10+,13-/m1/s1. The maximum absolute atomic E-state index is 12.4. The first-order chi connectivity index (χ1) is 9.48. The Kier molecular flexibility index (Phi) is 2.82. The minimum atomic E-state index is -0.811. The second kappa shape index (κ2) is 4.31. The Hall–Kier alpha value is -1.89. The average Bonchev–Trinajstić information content (AvgIpc) is 2.98. The number of carbonyl (C=O) groups excluding carboxylic acids is 3. The molecule has 2 saturated heterocycles. The van der Waals surface area contributed by atoms with Crippen molar-refractivity contribution in [3.8, 4) is 0 Å². The summed E-state index contributed by atoms with van der Waals surface area (Å²) in [5.74, 6) is -2.53. The number of fused-ring (bicyclic) bond motifs is 1. The van der Waals surface area contributed by atoms with Gasteiger partial charge in [-0.2, -0.15) is 0 Å². The number of hydrogen-bond donors (Lipinski definition) is 1. The highest BCUT2D eigenvalue weighted by Gasteiger charge is 2.67. The Labute approximate surface area is 115 Å². The van der Waals surface area contributed by atoms with Crippen LogP contribution in [0.5, 0.6) is 0 Å². The lowest BCUT2D eigenvalue weighted by Crippen LogP contribution is -2.40. The van der Waals surface area contributed by atoms with E-state index in [4.69, 9.17) is 15.2 Å². The summed E-state index contributed by atoms with van der Waals surface area (Å²) in [6, 6.07) is 0. The molecule has 0 saturated carbocycles. The number of hydrogen-bond acceptors (Lipinski definition) is 5. The van der Waals surface area contributed by atoms with Crippen molar-refractivity contribution < 1.29 is 23.9 Å². The number of amides is 2. The van der Waals surface area contributed by atoms with Crippen LogP contribution in [0.4, 0.5) is 0 Å². The van der Waals surface area contributed by atoms with Crippen LogP contribution in [0.15, 0.2) is 12.2 Å². The normalized spacial score (nSPS) is 37.4. The van der Waals surface area contributed by atoms with Crippen molar-refractivity contribution in [3.63, 3.8) is 0 Å². The molecule has 2 amide bonds. The van der Waals surface area contributed by atoms with E-state index in [9.17, 15) is 14.4 Å². The van der Waals surface area contributed by atoms with Crippen LogP contribution in [0.2, 0.25) is 0 Å². The smallest absolute Gasteiger partial charge is 0.312 e. The highest BCUT2D eigenvalue weighted by molar-refractivity contribution is 5.93. The van der Waals surface area contributed by atoms with Gasteiger partial charge >= 0.3 is 5.97 Å². The summed E-state index contributed by atoms with van der Waals surface area (Å²) in [5, 5.41) is 0. The van der Waals surface area contributed by atoms with Crippen LogP contribution in [0.3, 0.4) is 0 Å². The van der Waals surface area contributed by atoms with Crippen LogP contribution in [0.1, 0.15) is 6.92 Å². The van der Waals surface area contributed by atoms with E-state index < -0.39 is 35.4 Å². The van der Waals surface area contributed by atoms with Gasteiger partial charge in [0.05, 0.1) is 31.7 Å². The lowest BCUT2D eigenvalue weighted by molar-refractivity contribution is -0.153. The van der Waals surface area contributed by atoms with Crippen LogP contribution < -0.4 is 5.73 Å². The molecule has 2 N–H and O–H groups in total. The van der Waals surface area contributed by atoms with Gasteiger partial charge in [-0.15, -0.1) is 0 Å². The van der Waals surface area contributed by atoms with Crippen molar-refractivity contribution in [3.05, 3.63) is 12.2 Å². The summed E-state index contributed by atoms with van der Waals surface area (Å²) in [7, 11) is 0. The molecule has 4 atom stereocenters. The number of esters is 1. The molecule has 0 aromatic carbocycles. The molecule has 7 heteroatoms. The number of ether oxygens (including phenoxy) is 2. The minimum absolute atomic E-state index is 0.158. The molecule has 0 aliphatic carbocycles. The zero-order valence-electron chi connectivity index (χ0n) is 11.1. The van der Waals surface area contributed by atoms with E-state index in [1.807, 2.05) is 6.08 Å². The van der Waals surface area contributed by atoms with Crippen molar-refractivity contribution in [2.24, 2.45) is 17.6 Å².